The van der Waals surface area contributed by atoms with Crippen LogP contribution in [0.3, 0.4) is 0 Å². The lowest BCUT2D eigenvalue weighted by molar-refractivity contribution is -0.132. The molecule has 4 aromatic rings. The standard InChI is InChI=1S/C29H25ClN2O5/c1-3-36-19-12-10-18(11-13-19)32-26(21-16-31-23-8-6-5-7-20(21)23)25(28(34)29(32)35)27(33)17-9-14-22(30)24(15-17)37-4-2/h5-16,26,31,33H,3-4H2,1-2H3/b27-25+. The summed E-state index contributed by atoms with van der Waals surface area (Å²) in [6.45, 7) is 4.59. The summed E-state index contributed by atoms with van der Waals surface area (Å²) in [5, 5.41) is 12.7. The lowest BCUT2D eigenvalue weighted by Gasteiger charge is -2.25. The first-order chi connectivity index (χ1) is 17.9. The third-order valence-electron chi connectivity index (χ3n) is 6.29. The lowest BCUT2D eigenvalue weighted by Crippen LogP contribution is -2.29. The van der Waals surface area contributed by atoms with Crippen LogP contribution in [0.4, 0.5) is 5.69 Å². The molecule has 7 nitrogen and oxygen atoms in total. The third kappa shape index (κ3) is 4.32. The van der Waals surface area contributed by atoms with Crippen molar-refractivity contribution in [2.24, 2.45) is 0 Å². The van der Waals surface area contributed by atoms with Crippen molar-refractivity contribution in [3.05, 3.63) is 94.6 Å². The molecule has 0 bridgehead atoms. The predicted molar refractivity (Wildman–Crippen MR) is 143 cm³/mol. The van der Waals surface area contributed by atoms with Crippen LogP contribution in [0, 0.1) is 0 Å². The summed E-state index contributed by atoms with van der Waals surface area (Å²) >= 11 is 6.24. The van der Waals surface area contributed by atoms with Crippen LogP contribution < -0.4 is 14.4 Å². The zero-order chi connectivity index (χ0) is 26.1. The number of hydrogen-bond donors (Lipinski definition) is 2. The molecule has 1 amide bonds. The number of aliphatic hydroxyl groups excluding tert-OH is 1. The van der Waals surface area contributed by atoms with Gasteiger partial charge in [-0.3, -0.25) is 14.5 Å². The van der Waals surface area contributed by atoms with E-state index in [2.05, 4.69) is 4.98 Å². The second kappa shape index (κ2) is 10.0. The van der Waals surface area contributed by atoms with Crippen LogP contribution in [-0.4, -0.2) is 35.0 Å². The zero-order valence-corrected chi connectivity index (χ0v) is 21.1. The third-order valence-corrected chi connectivity index (χ3v) is 6.60. The number of aliphatic hydroxyl groups is 1. The average Bonchev–Trinajstić information content (AvgIpc) is 3.44. The molecule has 8 heteroatoms. The van der Waals surface area contributed by atoms with E-state index in [1.165, 1.54) is 4.90 Å². The monoisotopic (exact) mass is 516 g/mol. The van der Waals surface area contributed by atoms with Crippen LogP contribution in [0.1, 0.15) is 31.0 Å². The second-order valence-corrected chi connectivity index (χ2v) is 8.87. The number of amides is 1. The number of carbonyl (C=O) groups is 2. The maximum atomic E-state index is 13.5. The van der Waals surface area contributed by atoms with Crippen molar-refractivity contribution < 1.29 is 24.2 Å². The van der Waals surface area contributed by atoms with E-state index in [1.807, 2.05) is 38.1 Å². The highest BCUT2D eigenvalue weighted by atomic mass is 35.5. The largest absolute Gasteiger partial charge is 0.507 e. The summed E-state index contributed by atoms with van der Waals surface area (Å²) < 4.78 is 11.1. The van der Waals surface area contributed by atoms with Crippen LogP contribution >= 0.6 is 11.6 Å². The number of fused-ring (bicyclic) bond motifs is 1. The van der Waals surface area contributed by atoms with Gasteiger partial charge < -0.3 is 19.6 Å². The van der Waals surface area contributed by atoms with Gasteiger partial charge >= 0.3 is 0 Å². The van der Waals surface area contributed by atoms with Crippen molar-refractivity contribution in [2.75, 3.05) is 18.1 Å². The van der Waals surface area contributed by atoms with Crippen molar-refractivity contribution in [1.82, 2.24) is 4.98 Å². The molecule has 3 aromatic carbocycles. The highest BCUT2D eigenvalue weighted by molar-refractivity contribution is 6.52. The number of aromatic nitrogens is 1. The van der Waals surface area contributed by atoms with E-state index >= 15 is 0 Å². The minimum atomic E-state index is -0.875. The van der Waals surface area contributed by atoms with E-state index in [9.17, 15) is 14.7 Å². The number of hydrogen-bond acceptors (Lipinski definition) is 5. The Morgan fingerprint density at radius 2 is 1.73 bits per heavy atom. The molecule has 5 rings (SSSR count). The molecule has 0 radical (unpaired) electrons. The van der Waals surface area contributed by atoms with Gasteiger partial charge in [-0.05, 0) is 62.4 Å². The molecule has 188 valence electrons. The van der Waals surface area contributed by atoms with E-state index in [0.717, 1.165) is 10.9 Å². The topological polar surface area (TPSA) is 91.9 Å². The smallest absolute Gasteiger partial charge is 0.300 e. The molecule has 1 aromatic heterocycles. The maximum absolute atomic E-state index is 13.5. The predicted octanol–water partition coefficient (Wildman–Crippen LogP) is 6.25. The van der Waals surface area contributed by atoms with Gasteiger partial charge in [0, 0.05) is 33.9 Å². The lowest BCUT2D eigenvalue weighted by atomic mass is 9.94. The molecule has 1 aliphatic heterocycles. The Hall–Kier alpha value is -4.23. The fourth-order valence-electron chi connectivity index (χ4n) is 4.66. The van der Waals surface area contributed by atoms with Gasteiger partial charge in [0.05, 0.1) is 29.9 Å². The van der Waals surface area contributed by atoms with Crippen LogP contribution in [0.5, 0.6) is 11.5 Å². The molecule has 2 N–H and O–H groups in total. The highest BCUT2D eigenvalue weighted by Gasteiger charge is 2.47. The normalized spacial score (nSPS) is 16.9. The Bertz CT molecular complexity index is 1520. The summed E-state index contributed by atoms with van der Waals surface area (Å²) in [5.41, 5.74) is 2.34. The Morgan fingerprint density at radius 3 is 2.46 bits per heavy atom. The highest BCUT2D eigenvalue weighted by Crippen LogP contribution is 2.45. The van der Waals surface area contributed by atoms with E-state index in [1.54, 1.807) is 48.7 Å². The van der Waals surface area contributed by atoms with E-state index in [-0.39, 0.29) is 11.3 Å². The van der Waals surface area contributed by atoms with Gasteiger partial charge in [-0.1, -0.05) is 29.8 Å². The zero-order valence-electron chi connectivity index (χ0n) is 20.3. The van der Waals surface area contributed by atoms with Gasteiger partial charge in [0.2, 0.25) is 0 Å². The quantitative estimate of drug-likeness (QED) is 0.172. The molecule has 37 heavy (non-hydrogen) atoms. The second-order valence-electron chi connectivity index (χ2n) is 8.46. The minimum absolute atomic E-state index is 0.0200. The summed E-state index contributed by atoms with van der Waals surface area (Å²) in [6.07, 6.45) is 1.77. The number of benzene rings is 3. The Kier molecular flexibility index (Phi) is 6.63. The Morgan fingerprint density at radius 1 is 1.00 bits per heavy atom. The van der Waals surface area contributed by atoms with E-state index in [0.29, 0.717) is 46.5 Å². The van der Waals surface area contributed by atoms with Crippen molar-refractivity contribution >= 4 is 45.6 Å². The SMILES string of the molecule is CCOc1ccc(N2C(=O)C(=O)/C(=C(/O)c3ccc(Cl)c(OCC)c3)C2c2c[nH]c3ccccc23)cc1. The summed E-state index contributed by atoms with van der Waals surface area (Å²) in [7, 11) is 0. The number of ether oxygens (including phenoxy) is 2. The van der Waals surface area contributed by atoms with Crippen LogP contribution in [0.15, 0.2) is 78.5 Å². The molecule has 0 spiro atoms. The number of H-pyrrole nitrogens is 1. The van der Waals surface area contributed by atoms with Gasteiger partial charge in [-0.25, -0.2) is 0 Å². The van der Waals surface area contributed by atoms with Gasteiger partial charge in [0.1, 0.15) is 17.3 Å². The van der Waals surface area contributed by atoms with Crippen molar-refractivity contribution in [2.45, 2.75) is 19.9 Å². The number of rotatable bonds is 7. The van der Waals surface area contributed by atoms with Crippen molar-refractivity contribution in [3.8, 4) is 11.5 Å². The number of nitrogens with one attached hydrogen (secondary N) is 1. The van der Waals surface area contributed by atoms with Crippen molar-refractivity contribution in [1.29, 1.82) is 0 Å². The van der Waals surface area contributed by atoms with Gasteiger partial charge in [-0.15, -0.1) is 0 Å². The number of ketones is 1. The van der Waals surface area contributed by atoms with Gasteiger partial charge in [0.25, 0.3) is 11.7 Å². The van der Waals surface area contributed by atoms with Crippen molar-refractivity contribution in [3.63, 3.8) is 0 Å². The fraction of sp³-hybridized carbons (Fsp3) is 0.172. The number of para-hydroxylation sites is 1. The van der Waals surface area contributed by atoms with E-state index in [4.69, 9.17) is 21.1 Å². The molecule has 1 aliphatic rings. The van der Waals surface area contributed by atoms with Crippen LogP contribution in [0.25, 0.3) is 16.7 Å². The summed E-state index contributed by atoms with van der Waals surface area (Å²) in [5.74, 6) is -0.803. The number of nitrogens with zero attached hydrogens (tertiary/aromatic N) is 1. The first-order valence-corrected chi connectivity index (χ1v) is 12.3. The number of aromatic amines is 1. The number of Topliss-reactive ketones (excluding diaryl/α,β-unsaturated/α-hetero) is 1. The summed E-state index contributed by atoms with van der Waals surface area (Å²) in [6, 6.07) is 18.4. The fourth-order valence-corrected chi connectivity index (χ4v) is 4.83. The van der Waals surface area contributed by atoms with E-state index < -0.39 is 17.7 Å². The summed E-state index contributed by atoms with van der Waals surface area (Å²) in [4.78, 5) is 31.6. The average molecular weight is 517 g/mol. The maximum Gasteiger partial charge on any atom is 0.300 e. The van der Waals surface area contributed by atoms with Gasteiger partial charge in [-0.2, -0.15) is 0 Å². The molecule has 1 unspecified atom stereocenters. The first-order valence-electron chi connectivity index (χ1n) is 12.0. The molecule has 0 aliphatic carbocycles. The van der Waals surface area contributed by atoms with Gasteiger partial charge in [0.15, 0.2) is 0 Å². The molecular weight excluding hydrogens is 492 g/mol. The minimum Gasteiger partial charge on any atom is -0.507 e. The molecular formula is C29H25ClN2O5. The molecule has 1 fully saturated rings. The number of anilines is 1. The van der Waals surface area contributed by atoms with Crippen LogP contribution in [0.2, 0.25) is 5.02 Å². The number of carbonyl (C=O) groups excluding carboxylic acids is 2. The Labute approximate surface area is 218 Å². The number of halogens is 1. The molecule has 1 saturated heterocycles. The molecule has 0 saturated carbocycles. The van der Waals surface area contributed by atoms with Crippen LogP contribution in [-0.2, 0) is 9.59 Å². The molecule has 2 heterocycles. The Balaban J connectivity index is 1.72. The first kappa shape index (κ1) is 24.5. The molecule has 1 atom stereocenters.